The highest BCUT2D eigenvalue weighted by Crippen LogP contribution is 2.28. The SMILES string of the molecule is CCc1onc(C)c1NC(=O)N1CCc2c(cccc2S(=O)(=O)N(C)C)C1. The maximum Gasteiger partial charge on any atom is 0.322 e. The third-order valence-corrected chi connectivity index (χ3v) is 6.66. The molecule has 3 rings (SSSR count). The number of fused-ring (bicyclic) bond motifs is 1. The minimum Gasteiger partial charge on any atom is -0.359 e. The third-order valence-electron chi connectivity index (χ3n) is 4.76. The van der Waals surface area contributed by atoms with Crippen LogP contribution >= 0.6 is 0 Å². The first-order valence-electron chi connectivity index (χ1n) is 8.80. The Balaban J connectivity index is 1.83. The van der Waals surface area contributed by atoms with Crippen LogP contribution < -0.4 is 5.32 Å². The Bertz CT molecular complexity index is 966. The first kappa shape index (κ1) is 19.4. The summed E-state index contributed by atoms with van der Waals surface area (Å²) >= 11 is 0. The van der Waals surface area contributed by atoms with Crippen molar-refractivity contribution in [3.8, 4) is 0 Å². The van der Waals surface area contributed by atoms with Gasteiger partial charge in [0.25, 0.3) is 0 Å². The second-order valence-electron chi connectivity index (χ2n) is 6.70. The second-order valence-corrected chi connectivity index (χ2v) is 8.82. The number of amides is 2. The summed E-state index contributed by atoms with van der Waals surface area (Å²) in [5.74, 6) is 0.637. The number of anilines is 1. The maximum absolute atomic E-state index is 12.7. The van der Waals surface area contributed by atoms with Crippen LogP contribution in [0.3, 0.4) is 0 Å². The summed E-state index contributed by atoms with van der Waals surface area (Å²) in [4.78, 5) is 14.7. The van der Waals surface area contributed by atoms with Crippen molar-refractivity contribution in [3.63, 3.8) is 0 Å². The average molecular weight is 392 g/mol. The molecule has 1 N–H and O–H groups in total. The first-order chi connectivity index (χ1) is 12.8. The Kier molecular flexibility index (Phi) is 5.25. The van der Waals surface area contributed by atoms with E-state index in [4.69, 9.17) is 4.52 Å². The number of nitrogens with zero attached hydrogens (tertiary/aromatic N) is 3. The van der Waals surface area contributed by atoms with E-state index in [9.17, 15) is 13.2 Å². The van der Waals surface area contributed by atoms with Crippen LogP contribution in [0.5, 0.6) is 0 Å². The van der Waals surface area contributed by atoms with Crippen molar-refractivity contribution in [2.75, 3.05) is 26.0 Å². The average Bonchev–Trinajstić information content (AvgIpc) is 3.00. The molecule has 1 aromatic carbocycles. The number of nitrogens with one attached hydrogen (secondary N) is 1. The van der Waals surface area contributed by atoms with Gasteiger partial charge in [-0.05, 0) is 30.5 Å². The quantitative estimate of drug-likeness (QED) is 0.862. The predicted molar refractivity (Wildman–Crippen MR) is 101 cm³/mol. The summed E-state index contributed by atoms with van der Waals surface area (Å²) in [6.07, 6.45) is 1.11. The number of aromatic nitrogens is 1. The van der Waals surface area contributed by atoms with E-state index in [1.54, 1.807) is 24.0 Å². The van der Waals surface area contributed by atoms with Crippen LogP contribution in [-0.4, -0.2) is 49.5 Å². The summed E-state index contributed by atoms with van der Waals surface area (Å²) < 4.78 is 31.5. The molecule has 0 radical (unpaired) electrons. The summed E-state index contributed by atoms with van der Waals surface area (Å²) in [6, 6.07) is 4.96. The van der Waals surface area contributed by atoms with Crippen LogP contribution in [0.2, 0.25) is 0 Å². The van der Waals surface area contributed by atoms with Gasteiger partial charge in [0.15, 0.2) is 5.76 Å². The zero-order valence-corrected chi connectivity index (χ0v) is 16.8. The lowest BCUT2D eigenvalue weighted by atomic mass is 10.00. The van der Waals surface area contributed by atoms with E-state index >= 15 is 0 Å². The normalized spacial score (nSPS) is 14.3. The number of hydrogen-bond acceptors (Lipinski definition) is 5. The molecule has 0 spiro atoms. The van der Waals surface area contributed by atoms with Crippen molar-refractivity contribution >= 4 is 21.7 Å². The fourth-order valence-corrected chi connectivity index (χ4v) is 4.38. The van der Waals surface area contributed by atoms with Crippen LogP contribution in [-0.2, 0) is 29.4 Å². The number of urea groups is 1. The number of sulfonamides is 1. The van der Waals surface area contributed by atoms with Gasteiger partial charge in [-0.25, -0.2) is 17.5 Å². The van der Waals surface area contributed by atoms with E-state index in [-0.39, 0.29) is 6.03 Å². The molecule has 0 bridgehead atoms. The fraction of sp³-hybridized carbons (Fsp3) is 0.444. The van der Waals surface area contributed by atoms with E-state index in [1.165, 1.54) is 18.4 Å². The number of carbonyl (C=O) groups is 1. The van der Waals surface area contributed by atoms with Crippen molar-refractivity contribution in [3.05, 3.63) is 40.8 Å². The van der Waals surface area contributed by atoms with E-state index in [2.05, 4.69) is 10.5 Å². The zero-order valence-electron chi connectivity index (χ0n) is 15.9. The highest BCUT2D eigenvalue weighted by molar-refractivity contribution is 7.89. The van der Waals surface area contributed by atoms with Crippen molar-refractivity contribution in [2.45, 2.75) is 38.1 Å². The number of benzene rings is 1. The molecule has 1 aromatic heterocycles. The molecule has 0 aliphatic carbocycles. The molecule has 9 heteroatoms. The van der Waals surface area contributed by atoms with Crippen molar-refractivity contribution in [1.29, 1.82) is 0 Å². The molecule has 2 amide bonds. The fourth-order valence-electron chi connectivity index (χ4n) is 3.19. The molecule has 27 heavy (non-hydrogen) atoms. The molecular weight excluding hydrogens is 368 g/mol. The molecule has 0 atom stereocenters. The Morgan fingerprint density at radius 3 is 2.78 bits per heavy atom. The summed E-state index contributed by atoms with van der Waals surface area (Å²) in [5, 5.41) is 6.77. The molecule has 8 nitrogen and oxygen atoms in total. The van der Waals surface area contributed by atoms with Gasteiger partial charge in [0.2, 0.25) is 10.0 Å². The van der Waals surface area contributed by atoms with Crippen molar-refractivity contribution in [2.24, 2.45) is 0 Å². The van der Waals surface area contributed by atoms with Gasteiger partial charge in [0, 0.05) is 33.6 Å². The standard InChI is InChI=1S/C18H24N4O4S/c1-5-15-17(12(2)20-26-15)19-18(23)22-10-9-14-13(11-22)7-6-8-16(14)27(24,25)21(3)4/h6-8H,5,9-11H2,1-4H3,(H,19,23). The van der Waals surface area contributed by atoms with E-state index in [1.807, 2.05) is 13.0 Å². The summed E-state index contributed by atoms with van der Waals surface area (Å²) in [7, 11) is -0.483. The smallest absolute Gasteiger partial charge is 0.322 e. The van der Waals surface area contributed by atoms with Crippen LogP contribution in [0, 0.1) is 6.92 Å². The zero-order chi connectivity index (χ0) is 19.8. The lowest BCUT2D eigenvalue weighted by Crippen LogP contribution is -2.39. The Labute approximate surface area is 159 Å². The van der Waals surface area contributed by atoms with Gasteiger partial charge in [-0.15, -0.1) is 0 Å². The van der Waals surface area contributed by atoms with Gasteiger partial charge in [-0.3, -0.25) is 0 Å². The number of hydrogen-bond donors (Lipinski definition) is 1. The van der Waals surface area contributed by atoms with Crippen molar-refractivity contribution < 1.29 is 17.7 Å². The summed E-state index contributed by atoms with van der Waals surface area (Å²) in [6.45, 7) is 4.50. The second kappa shape index (κ2) is 7.32. The Morgan fingerprint density at radius 2 is 2.11 bits per heavy atom. The molecule has 0 saturated heterocycles. The van der Waals surface area contributed by atoms with Gasteiger partial charge in [0.05, 0.1) is 4.90 Å². The van der Waals surface area contributed by atoms with Gasteiger partial charge >= 0.3 is 6.03 Å². The molecule has 0 unspecified atom stereocenters. The summed E-state index contributed by atoms with van der Waals surface area (Å²) in [5.41, 5.74) is 2.87. The number of rotatable bonds is 4. The van der Waals surface area contributed by atoms with Gasteiger partial charge in [-0.2, -0.15) is 0 Å². The topological polar surface area (TPSA) is 95.7 Å². The van der Waals surface area contributed by atoms with E-state index < -0.39 is 10.0 Å². The third kappa shape index (κ3) is 3.57. The first-order valence-corrected chi connectivity index (χ1v) is 10.2. The molecule has 2 aromatic rings. The van der Waals surface area contributed by atoms with Crippen molar-refractivity contribution in [1.82, 2.24) is 14.4 Å². The molecule has 1 aliphatic heterocycles. The van der Waals surface area contributed by atoms with Gasteiger partial charge in [-0.1, -0.05) is 24.2 Å². The predicted octanol–water partition coefficient (Wildman–Crippen LogP) is 2.39. The van der Waals surface area contributed by atoms with E-state index in [0.717, 1.165) is 11.1 Å². The molecular formula is C18H24N4O4S. The van der Waals surface area contributed by atoms with Crippen LogP contribution in [0.25, 0.3) is 0 Å². The van der Waals surface area contributed by atoms with Gasteiger partial charge in [0.1, 0.15) is 11.4 Å². The number of carbonyl (C=O) groups excluding carboxylic acids is 1. The lowest BCUT2D eigenvalue weighted by Gasteiger charge is -2.30. The monoisotopic (exact) mass is 392 g/mol. The minimum atomic E-state index is -3.52. The number of aryl methyl sites for hydroxylation is 2. The molecule has 2 heterocycles. The van der Waals surface area contributed by atoms with Gasteiger partial charge < -0.3 is 14.7 Å². The highest BCUT2D eigenvalue weighted by Gasteiger charge is 2.28. The maximum atomic E-state index is 12.7. The molecule has 0 saturated carbocycles. The minimum absolute atomic E-state index is 0.248. The van der Waals surface area contributed by atoms with Crippen LogP contribution in [0.1, 0.15) is 29.5 Å². The van der Waals surface area contributed by atoms with E-state index in [0.29, 0.717) is 48.0 Å². The highest BCUT2D eigenvalue weighted by atomic mass is 32.2. The largest absolute Gasteiger partial charge is 0.359 e. The Hall–Kier alpha value is -2.39. The lowest BCUT2D eigenvalue weighted by molar-refractivity contribution is 0.206. The Morgan fingerprint density at radius 1 is 1.37 bits per heavy atom. The molecule has 1 aliphatic rings. The molecule has 0 fully saturated rings. The van der Waals surface area contributed by atoms with Crippen LogP contribution in [0.15, 0.2) is 27.6 Å². The van der Waals surface area contributed by atoms with Crippen LogP contribution in [0.4, 0.5) is 10.5 Å². The molecule has 146 valence electrons.